The molecule has 1 aromatic carbocycles. The van der Waals surface area contributed by atoms with E-state index in [1.54, 1.807) is 37.3 Å². The van der Waals surface area contributed by atoms with Gasteiger partial charge in [-0.25, -0.2) is 4.98 Å². The van der Waals surface area contributed by atoms with Crippen molar-refractivity contribution in [2.24, 2.45) is 21.7 Å². The van der Waals surface area contributed by atoms with Crippen molar-refractivity contribution in [1.82, 2.24) is 15.3 Å². The average molecular weight is 607 g/mol. The number of hydrogen-bond donors (Lipinski definition) is 5. The van der Waals surface area contributed by atoms with Gasteiger partial charge in [0, 0.05) is 29.1 Å². The predicted octanol–water partition coefficient (Wildman–Crippen LogP) is 5.18. The van der Waals surface area contributed by atoms with Gasteiger partial charge in [-0.05, 0) is 62.8 Å². The van der Waals surface area contributed by atoms with Crippen molar-refractivity contribution >= 4 is 46.2 Å². The van der Waals surface area contributed by atoms with Gasteiger partial charge in [-0.3, -0.25) is 19.4 Å². The maximum atomic E-state index is 13.9. The van der Waals surface area contributed by atoms with E-state index in [4.69, 9.17) is 10.7 Å². The SMILES string of the molecule is CC12C=CC=CC1N=C(C(=O)Nc1ccc3nc(N)[nH]c3c1)C(C1C=CC(C(=O)NCCC3=CCCCC3)=CC1(C)C(=O)O)=C2. The van der Waals surface area contributed by atoms with Crippen LogP contribution < -0.4 is 16.4 Å². The summed E-state index contributed by atoms with van der Waals surface area (Å²) in [5, 5.41) is 16.5. The Morgan fingerprint density at radius 3 is 2.73 bits per heavy atom. The van der Waals surface area contributed by atoms with E-state index in [0.717, 1.165) is 19.3 Å². The van der Waals surface area contributed by atoms with E-state index in [2.05, 4.69) is 26.7 Å². The van der Waals surface area contributed by atoms with E-state index in [1.165, 1.54) is 24.5 Å². The van der Waals surface area contributed by atoms with E-state index in [-0.39, 0.29) is 29.2 Å². The molecule has 2 aromatic rings. The Kier molecular flexibility index (Phi) is 7.90. The van der Waals surface area contributed by atoms with Gasteiger partial charge in [0.2, 0.25) is 0 Å². The molecule has 10 heteroatoms. The molecule has 1 aliphatic heterocycles. The number of aromatic nitrogens is 2. The van der Waals surface area contributed by atoms with Gasteiger partial charge in [0.25, 0.3) is 11.8 Å². The molecule has 3 aliphatic carbocycles. The molecule has 10 nitrogen and oxygen atoms in total. The third kappa shape index (κ3) is 5.92. The number of dihydropyridines is 1. The zero-order valence-corrected chi connectivity index (χ0v) is 25.5. The van der Waals surface area contributed by atoms with Gasteiger partial charge in [-0.2, -0.15) is 0 Å². The molecule has 2 amide bonds. The Labute approximate surface area is 261 Å². The van der Waals surface area contributed by atoms with Crippen molar-refractivity contribution in [2.45, 2.75) is 52.0 Å². The summed E-state index contributed by atoms with van der Waals surface area (Å²) in [5.41, 5.74) is 7.80. The Morgan fingerprint density at radius 2 is 1.96 bits per heavy atom. The number of carboxylic acids is 1. The minimum absolute atomic E-state index is 0.144. The number of imidazole rings is 1. The maximum Gasteiger partial charge on any atom is 0.314 e. The molecule has 0 bridgehead atoms. The van der Waals surface area contributed by atoms with Crippen molar-refractivity contribution in [3.05, 3.63) is 89.6 Å². The van der Waals surface area contributed by atoms with Gasteiger partial charge in [0.05, 0.1) is 22.5 Å². The monoisotopic (exact) mass is 606 g/mol. The lowest BCUT2D eigenvalue weighted by molar-refractivity contribution is -0.146. The summed E-state index contributed by atoms with van der Waals surface area (Å²) < 4.78 is 0. The van der Waals surface area contributed by atoms with Crippen LogP contribution in [-0.2, 0) is 14.4 Å². The number of benzene rings is 1. The summed E-state index contributed by atoms with van der Waals surface area (Å²) >= 11 is 0. The van der Waals surface area contributed by atoms with Crippen LogP contribution in [0.1, 0.15) is 46.0 Å². The zero-order valence-electron chi connectivity index (χ0n) is 25.5. The largest absolute Gasteiger partial charge is 0.481 e. The molecule has 45 heavy (non-hydrogen) atoms. The summed E-state index contributed by atoms with van der Waals surface area (Å²) in [6.07, 6.45) is 22.1. The molecule has 4 aliphatic rings. The van der Waals surface area contributed by atoms with Crippen LogP contribution in [0.25, 0.3) is 11.0 Å². The Bertz CT molecular complexity index is 1790. The fourth-order valence-corrected chi connectivity index (χ4v) is 6.59. The summed E-state index contributed by atoms with van der Waals surface area (Å²) in [7, 11) is 0. The minimum atomic E-state index is -1.52. The van der Waals surface area contributed by atoms with Crippen LogP contribution in [0.15, 0.2) is 94.6 Å². The lowest BCUT2D eigenvalue weighted by atomic mass is 9.65. The first-order chi connectivity index (χ1) is 21.6. The molecular formula is C35H38N6O4. The number of nitrogens with zero attached hydrogens (tertiary/aromatic N) is 2. The van der Waals surface area contributed by atoms with Crippen LogP contribution in [0.5, 0.6) is 0 Å². The lowest BCUT2D eigenvalue weighted by Gasteiger charge is -2.40. The average Bonchev–Trinajstić information content (AvgIpc) is 3.39. The highest BCUT2D eigenvalue weighted by Gasteiger charge is 2.47. The summed E-state index contributed by atoms with van der Waals surface area (Å²) in [6.45, 7) is 4.08. The van der Waals surface area contributed by atoms with Crippen molar-refractivity contribution in [1.29, 1.82) is 0 Å². The third-order valence-electron chi connectivity index (χ3n) is 9.22. The van der Waals surface area contributed by atoms with Gasteiger partial charge in [-0.15, -0.1) is 0 Å². The highest BCUT2D eigenvalue weighted by atomic mass is 16.4. The first-order valence-corrected chi connectivity index (χ1v) is 15.4. The molecule has 0 saturated heterocycles. The van der Waals surface area contributed by atoms with Crippen LogP contribution in [0, 0.1) is 16.7 Å². The number of carbonyl (C=O) groups excluding carboxylic acids is 2. The first kappa shape index (κ1) is 30.1. The Balaban J connectivity index is 1.29. The molecular weight excluding hydrogens is 568 g/mol. The third-order valence-corrected chi connectivity index (χ3v) is 9.22. The number of amides is 2. The Hall–Kier alpha value is -4.99. The molecule has 6 rings (SSSR count). The van der Waals surface area contributed by atoms with Crippen molar-refractivity contribution < 1.29 is 19.5 Å². The van der Waals surface area contributed by atoms with Gasteiger partial charge in [0.15, 0.2) is 5.95 Å². The number of fused-ring (bicyclic) bond motifs is 2. The number of rotatable bonds is 8. The fraction of sp³-hybridized carbons (Fsp3) is 0.343. The Morgan fingerprint density at radius 1 is 1.11 bits per heavy atom. The van der Waals surface area contributed by atoms with E-state index in [1.807, 2.05) is 37.3 Å². The second kappa shape index (κ2) is 11.8. The molecule has 2 heterocycles. The summed E-state index contributed by atoms with van der Waals surface area (Å²) in [4.78, 5) is 52.1. The van der Waals surface area contributed by atoms with E-state index >= 15 is 0 Å². The van der Waals surface area contributed by atoms with Crippen LogP contribution in [0.4, 0.5) is 11.6 Å². The number of carbonyl (C=O) groups is 3. The standard InChI is InChI=1S/C35H38N6O4/c1-34-16-7-6-10-28(34)41-29(31(43)38-23-12-14-26-27(18-23)40-33(36)39-26)24(20-34)25-13-11-22(19-35(25,2)32(44)45)30(42)37-17-15-21-8-4-3-5-9-21/h6-8,10-14,16,18-20,25,28H,3-5,9,15,17H2,1-2H3,(H,37,42)(H,38,43)(H,44,45)(H3,36,39,40). The van der Waals surface area contributed by atoms with Gasteiger partial charge >= 0.3 is 5.97 Å². The van der Waals surface area contributed by atoms with Crippen LogP contribution in [0.2, 0.25) is 0 Å². The molecule has 0 fully saturated rings. The molecule has 232 valence electrons. The number of nitrogens with one attached hydrogen (secondary N) is 3. The number of H-pyrrole nitrogens is 1. The smallest absolute Gasteiger partial charge is 0.314 e. The second-order valence-corrected chi connectivity index (χ2v) is 12.6. The minimum Gasteiger partial charge on any atom is -0.481 e. The van der Waals surface area contributed by atoms with E-state index in [9.17, 15) is 19.5 Å². The van der Waals surface area contributed by atoms with Crippen LogP contribution in [0.3, 0.4) is 0 Å². The predicted molar refractivity (Wildman–Crippen MR) is 175 cm³/mol. The number of nitrogens with two attached hydrogens (primary N) is 1. The highest BCUT2D eigenvalue weighted by Crippen LogP contribution is 2.46. The van der Waals surface area contributed by atoms with Gasteiger partial charge < -0.3 is 26.5 Å². The van der Waals surface area contributed by atoms with Gasteiger partial charge in [0.1, 0.15) is 5.71 Å². The molecule has 0 radical (unpaired) electrons. The quantitative estimate of drug-likeness (QED) is 0.260. The van der Waals surface area contributed by atoms with Crippen molar-refractivity contribution in [2.75, 3.05) is 17.6 Å². The molecule has 1 aromatic heterocycles. The van der Waals surface area contributed by atoms with Crippen molar-refractivity contribution in [3.63, 3.8) is 0 Å². The molecule has 0 saturated carbocycles. The summed E-state index contributed by atoms with van der Waals surface area (Å²) in [6, 6.07) is 4.86. The molecule has 4 unspecified atom stereocenters. The second-order valence-electron chi connectivity index (χ2n) is 12.6. The first-order valence-electron chi connectivity index (χ1n) is 15.4. The van der Waals surface area contributed by atoms with E-state index < -0.39 is 28.6 Å². The zero-order chi connectivity index (χ0) is 31.8. The number of carboxylic acid groups (broad SMARTS) is 1. The maximum absolute atomic E-state index is 13.9. The lowest BCUT2D eigenvalue weighted by Crippen LogP contribution is -2.44. The van der Waals surface area contributed by atoms with Crippen LogP contribution in [-0.4, -0.2) is 51.2 Å². The van der Waals surface area contributed by atoms with Crippen molar-refractivity contribution in [3.8, 4) is 0 Å². The van der Waals surface area contributed by atoms with E-state index in [0.29, 0.717) is 28.8 Å². The molecule has 0 spiro atoms. The number of aliphatic imine (C=N–C) groups is 1. The number of anilines is 2. The summed E-state index contributed by atoms with van der Waals surface area (Å²) in [5.74, 6) is -2.39. The normalized spacial score (nSPS) is 27.2. The molecule has 6 N–H and O–H groups in total. The number of hydrogen-bond acceptors (Lipinski definition) is 6. The topological polar surface area (TPSA) is 163 Å². The number of allylic oxidation sites excluding steroid dienone is 4. The fourth-order valence-electron chi connectivity index (χ4n) is 6.59. The van der Waals surface area contributed by atoms with Crippen LogP contribution >= 0.6 is 0 Å². The number of aliphatic carboxylic acids is 1. The highest BCUT2D eigenvalue weighted by molar-refractivity contribution is 6.49. The number of nitrogen functional groups attached to an aromatic ring is 1. The molecule has 4 atom stereocenters. The number of aromatic amines is 1. The van der Waals surface area contributed by atoms with Gasteiger partial charge in [-0.1, -0.05) is 67.2 Å².